The Hall–Kier alpha value is -2.63. The van der Waals surface area contributed by atoms with Crippen molar-refractivity contribution >= 4 is 11.5 Å². The maximum atomic E-state index is 10.7. The molecule has 0 saturated carbocycles. The van der Waals surface area contributed by atoms with Gasteiger partial charge in [0, 0.05) is 24.9 Å². The van der Waals surface area contributed by atoms with Gasteiger partial charge >= 0.3 is 0 Å². The molecule has 0 fully saturated rings. The van der Waals surface area contributed by atoms with Crippen molar-refractivity contribution in [2.24, 2.45) is 0 Å². The highest BCUT2D eigenvalue weighted by Gasteiger charge is 2.07. The molecule has 104 valence electrons. The molecule has 0 amide bonds. The largest absolute Gasteiger partial charge is 0.457 e. The minimum absolute atomic E-state index is 0.000822. The van der Waals surface area contributed by atoms with Crippen molar-refractivity contribution in [1.29, 1.82) is 0 Å². The van der Waals surface area contributed by atoms with E-state index >= 15 is 0 Å². The molecule has 0 radical (unpaired) electrons. The van der Waals surface area contributed by atoms with Gasteiger partial charge in [-0.1, -0.05) is 13.0 Å². The Kier molecular flexibility index (Phi) is 4.49. The van der Waals surface area contributed by atoms with Crippen molar-refractivity contribution in [2.75, 3.05) is 11.9 Å². The molecule has 2 rings (SSSR count). The van der Waals surface area contributed by atoms with Gasteiger partial charge in [0.2, 0.25) is 0 Å². The number of nitrogens with zero attached hydrogens (tertiary/aromatic N) is 2. The lowest BCUT2D eigenvalue weighted by atomic mass is 10.3. The zero-order chi connectivity index (χ0) is 14.4. The van der Waals surface area contributed by atoms with Crippen LogP contribution in [0.4, 0.5) is 11.5 Å². The van der Waals surface area contributed by atoms with Crippen molar-refractivity contribution in [3.8, 4) is 11.5 Å². The molecule has 0 unspecified atom stereocenters. The van der Waals surface area contributed by atoms with Gasteiger partial charge in [0.1, 0.15) is 17.3 Å². The molecule has 0 aliphatic rings. The Morgan fingerprint density at radius 2 is 2.10 bits per heavy atom. The van der Waals surface area contributed by atoms with Crippen LogP contribution in [0.5, 0.6) is 11.5 Å². The molecule has 6 heteroatoms. The fourth-order valence-corrected chi connectivity index (χ4v) is 1.62. The van der Waals surface area contributed by atoms with Gasteiger partial charge in [-0.05, 0) is 18.6 Å². The van der Waals surface area contributed by atoms with Gasteiger partial charge in [-0.2, -0.15) is 0 Å². The van der Waals surface area contributed by atoms with Crippen molar-refractivity contribution in [3.05, 3.63) is 52.7 Å². The summed E-state index contributed by atoms with van der Waals surface area (Å²) in [6.45, 7) is 2.89. The molecule has 0 saturated heterocycles. The molecule has 2 aromatic rings. The van der Waals surface area contributed by atoms with E-state index in [2.05, 4.69) is 17.2 Å². The molecule has 0 spiro atoms. The van der Waals surface area contributed by atoms with Crippen LogP contribution in [0, 0.1) is 10.1 Å². The summed E-state index contributed by atoms with van der Waals surface area (Å²) in [5, 5.41) is 13.9. The Morgan fingerprint density at radius 3 is 2.85 bits per heavy atom. The van der Waals surface area contributed by atoms with E-state index in [9.17, 15) is 10.1 Å². The number of ether oxygens (including phenoxy) is 1. The van der Waals surface area contributed by atoms with Crippen molar-refractivity contribution in [1.82, 2.24) is 4.98 Å². The number of pyridine rings is 1. The maximum Gasteiger partial charge on any atom is 0.273 e. The van der Waals surface area contributed by atoms with E-state index in [4.69, 9.17) is 4.74 Å². The highest BCUT2D eigenvalue weighted by atomic mass is 16.6. The molecule has 0 atom stereocenters. The van der Waals surface area contributed by atoms with Gasteiger partial charge in [-0.15, -0.1) is 0 Å². The first-order valence-corrected chi connectivity index (χ1v) is 6.31. The van der Waals surface area contributed by atoms with Gasteiger partial charge in [0.25, 0.3) is 5.69 Å². The van der Waals surface area contributed by atoms with Gasteiger partial charge in [0.15, 0.2) is 0 Å². The quantitative estimate of drug-likeness (QED) is 0.642. The molecule has 20 heavy (non-hydrogen) atoms. The summed E-state index contributed by atoms with van der Waals surface area (Å²) in [5.41, 5.74) is 0.000822. The predicted molar refractivity (Wildman–Crippen MR) is 76.2 cm³/mol. The Balaban J connectivity index is 2.13. The minimum Gasteiger partial charge on any atom is -0.457 e. The third-order valence-corrected chi connectivity index (χ3v) is 2.55. The summed E-state index contributed by atoms with van der Waals surface area (Å²) in [7, 11) is 0. The highest BCUT2D eigenvalue weighted by molar-refractivity contribution is 5.44. The van der Waals surface area contributed by atoms with Gasteiger partial charge < -0.3 is 10.1 Å². The van der Waals surface area contributed by atoms with E-state index in [0.29, 0.717) is 11.5 Å². The van der Waals surface area contributed by atoms with Crippen LogP contribution in [0.25, 0.3) is 0 Å². The second-order valence-corrected chi connectivity index (χ2v) is 4.16. The number of anilines is 1. The SMILES string of the molecule is CCCNc1cc(Oc2cccc([N+](=O)[O-])c2)ccn1. The molecule has 1 N–H and O–H groups in total. The van der Waals surface area contributed by atoms with Crippen LogP contribution in [-0.2, 0) is 0 Å². The lowest BCUT2D eigenvalue weighted by Crippen LogP contribution is -2.01. The Morgan fingerprint density at radius 1 is 1.30 bits per heavy atom. The summed E-state index contributed by atoms with van der Waals surface area (Å²) in [5.74, 6) is 1.72. The lowest BCUT2D eigenvalue weighted by Gasteiger charge is -2.08. The summed E-state index contributed by atoms with van der Waals surface area (Å²) in [6.07, 6.45) is 2.63. The normalized spacial score (nSPS) is 10.1. The van der Waals surface area contributed by atoms with Gasteiger partial charge in [-0.3, -0.25) is 10.1 Å². The summed E-state index contributed by atoms with van der Waals surface area (Å²) in [4.78, 5) is 14.4. The maximum absolute atomic E-state index is 10.7. The van der Waals surface area contributed by atoms with Crippen LogP contribution in [0.1, 0.15) is 13.3 Å². The zero-order valence-corrected chi connectivity index (χ0v) is 11.1. The van der Waals surface area contributed by atoms with Crippen molar-refractivity contribution in [3.63, 3.8) is 0 Å². The van der Waals surface area contributed by atoms with Crippen LogP contribution >= 0.6 is 0 Å². The smallest absolute Gasteiger partial charge is 0.273 e. The average molecular weight is 273 g/mol. The first kappa shape index (κ1) is 13.8. The monoisotopic (exact) mass is 273 g/mol. The van der Waals surface area contributed by atoms with Gasteiger partial charge in [0.05, 0.1) is 11.0 Å². The first-order valence-electron chi connectivity index (χ1n) is 6.31. The number of nitro groups is 1. The number of rotatable bonds is 6. The number of benzene rings is 1. The Bertz CT molecular complexity index is 602. The number of non-ortho nitro benzene ring substituents is 1. The summed E-state index contributed by atoms with van der Waals surface area (Å²) in [6, 6.07) is 9.54. The molecule has 6 nitrogen and oxygen atoms in total. The van der Waals surface area contributed by atoms with Crippen LogP contribution in [-0.4, -0.2) is 16.5 Å². The van der Waals surface area contributed by atoms with Crippen molar-refractivity contribution < 1.29 is 9.66 Å². The molecular weight excluding hydrogens is 258 g/mol. The van der Waals surface area contributed by atoms with E-state index in [1.54, 1.807) is 30.5 Å². The van der Waals surface area contributed by atoms with Gasteiger partial charge in [-0.25, -0.2) is 4.98 Å². The lowest BCUT2D eigenvalue weighted by molar-refractivity contribution is -0.384. The van der Waals surface area contributed by atoms with Crippen LogP contribution in [0.2, 0.25) is 0 Å². The fourth-order valence-electron chi connectivity index (χ4n) is 1.62. The van der Waals surface area contributed by atoms with E-state index in [-0.39, 0.29) is 5.69 Å². The zero-order valence-electron chi connectivity index (χ0n) is 11.1. The molecule has 0 aliphatic heterocycles. The van der Waals surface area contributed by atoms with Crippen LogP contribution in [0.3, 0.4) is 0 Å². The number of hydrogen-bond acceptors (Lipinski definition) is 5. The summed E-state index contributed by atoms with van der Waals surface area (Å²) >= 11 is 0. The number of nitro benzene ring substituents is 1. The van der Waals surface area contributed by atoms with Crippen molar-refractivity contribution in [2.45, 2.75) is 13.3 Å². The van der Waals surface area contributed by atoms with Crippen LogP contribution in [0.15, 0.2) is 42.6 Å². The summed E-state index contributed by atoms with van der Waals surface area (Å²) < 4.78 is 5.61. The average Bonchev–Trinajstić information content (AvgIpc) is 2.46. The third kappa shape index (κ3) is 3.68. The van der Waals surface area contributed by atoms with E-state index in [0.717, 1.165) is 18.8 Å². The molecule has 1 heterocycles. The number of hydrogen-bond donors (Lipinski definition) is 1. The Labute approximate surface area is 116 Å². The molecule has 0 aliphatic carbocycles. The second kappa shape index (κ2) is 6.51. The van der Waals surface area contributed by atoms with E-state index in [1.165, 1.54) is 12.1 Å². The molecule has 0 bridgehead atoms. The third-order valence-electron chi connectivity index (χ3n) is 2.55. The minimum atomic E-state index is -0.451. The standard InChI is InChI=1S/C14H15N3O3/c1-2-7-15-14-10-13(6-8-16-14)20-12-5-3-4-11(9-12)17(18)19/h3-6,8-10H,2,7H2,1H3,(H,15,16). The molecular formula is C14H15N3O3. The molecule has 1 aromatic carbocycles. The van der Waals surface area contributed by atoms with Crippen LogP contribution < -0.4 is 10.1 Å². The first-order chi connectivity index (χ1) is 9.69. The number of aromatic nitrogens is 1. The van der Waals surface area contributed by atoms with E-state index < -0.39 is 4.92 Å². The second-order valence-electron chi connectivity index (χ2n) is 4.16. The fraction of sp³-hybridized carbons (Fsp3) is 0.214. The topological polar surface area (TPSA) is 77.3 Å². The molecule has 1 aromatic heterocycles. The predicted octanol–water partition coefficient (Wildman–Crippen LogP) is 3.60. The van der Waals surface area contributed by atoms with E-state index in [1.807, 2.05) is 0 Å². The highest BCUT2D eigenvalue weighted by Crippen LogP contribution is 2.25. The number of nitrogens with one attached hydrogen (secondary N) is 1.